The molecule has 2 heterocycles. The zero-order valence-corrected chi connectivity index (χ0v) is 15.3. The van der Waals surface area contributed by atoms with Gasteiger partial charge in [-0.3, -0.25) is 14.5 Å². The van der Waals surface area contributed by atoms with Gasteiger partial charge in [-0.2, -0.15) is 0 Å². The molecule has 0 atom stereocenters. The van der Waals surface area contributed by atoms with Crippen LogP contribution in [0.5, 0.6) is 0 Å². The van der Waals surface area contributed by atoms with Gasteiger partial charge >= 0.3 is 0 Å². The third-order valence-electron chi connectivity index (χ3n) is 3.69. The molecule has 0 unspecified atom stereocenters. The first-order valence-electron chi connectivity index (χ1n) is 6.89. The summed E-state index contributed by atoms with van der Waals surface area (Å²) in [6.45, 7) is 4.87. The van der Waals surface area contributed by atoms with E-state index in [0.29, 0.717) is 27.9 Å². The summed E-state index contributed by atoms with van der Waals surface area (Å²) in [5, 5.41) is 0. The Morgan fingerprint density at radius 3 is 2.41 bits per heavy atom. The lowest BCUT2D eigenvalue weighted by molar-refractivity contribution is -0.122. The Morgan fingerprint density at radius 1 is 1.14 bits per heavy atom. The fourth-order valence-electron chi connectivity index (χ4n) is 2.66. The summed E-state index contributed by atoms with van der Waals surface area (Å²) >= 11 is 9.90. The minimum absolute atomic E-state index is 0.132. The number of benzene rings is 1. The van der Waals surface area contributed by atoms with Gasteiger partial charge in [0.1, 0.15) is 4.32 Å². The first-order valence-corrected chi connectivity index (χ1v) is 8.91. The Hall–Kier alpha value is -1.18. The van der Waals surface area contributed by atoms with Crippen LogP contribution >= 0.6 is 39.9 Å². The van der Waals surface area contributed by atoms with E-state index in [0.717, 1.165) is 15.7 Å². The minimum Gasteiger partial charge on any atom is -0.308 e. The number of rotatable bonds is 2. The lowest BCUT2D eigenvalue weighted by Gasteiger charge is -2.13. The van der Waals surface area contributed by atoms with Crippen LogP contribution in [-0.4, -0.2) is 34.1 Å². The van der Waals surface area contributed by atoms with Crippen LogP contribution < -0.4 is 4.90 Å². The van der Waals surface area contributed by atoms with Gasteiger partial charge in [0.15, 0.2) is 0 Å². The van der Waals surface area contributed by atoms with Crippen molar-refractivity contribution in [2.24, 2.45) is 0 Å². The number of fused-ring (bicyclic) bond motifs is 1. The highest BCUT2D eigenvalue weighted by Crippen LogP contribution is 2.45. The quantitative estimate of drug-likeness (QED) is 0.567. The van der Waals surface area contributed by atoms with Crippen LogP contribution in [0, 0.1) is 0 Å². The number of hydrogen-bond acceptors (Lipinski definition) is 4. The zero-order valence-electron chi connectivity index (χ0n) is 12.1. The van der Waals surface area contributed by atoms with Crippen molar-refractivity contribution in [3.63, 3.8) is 0 Å². The number of halogens is 1. The summed E-state index contributed by atoms with van der Waals surface area (Å²) < 4.78 is 1.38. The second-order valence-corrected chi connectivity index (χ2v) is 7.39. The van der Waals surface area contributed by atoms with Crippen molar-refractivity contribution in [2.75, 3.05) is 18.0 Å². The smallest absolute Gasteiger partial charge is 0.266 e. The molecule has 1 saturated heterocycles. The van der Waals surface area contributed by atoms with Gasteiger partial charge in [0.2, 0.25) is 0 Å². The van der Waals surface area contributed by atoms with E-state index in [1.165, 1.54) is 16.7 Å². The van der Waals surface area contributed by atoms with Crippen molar-refractivity contribution in [3.05, 3.63) is 33.1 Å². The molecule has 0 radical (unpaired) electrons. The average Bonchev–Trinajstić information content (AvgIpc) is 2.91. The number of hydrogen-bond donors (Lipinski definition) is 0. The highest BCUT2D eigenvalue weighted by atomic mass is 79.9. The number of anilines is 1. The van der Waals surface area contributed by atoms with Gasteiger partial charge < -0.3 is 4.90 Å². The predicted octanol–water partition coefficient (Wildman–Crippen LogP) is 3.41. The van der Waals surface area contributed by atoms with Crippen molar-refractivity contribution in [2.45, 2.75) is 13.8 Å². The molecule has 1 aromatic carbocycles. The first kappa shape index (κ1) is 15.7. The molecule has 3 rings (SSSR count). The molecule has 2 amide bonds. The molecular weight excluding hydrogens is 384 g/mol. The molecule has 22 heavy (non-hydrogen) atoms. The van der Waals surface area contributed by atoms with Crippen LogP contribution in [0.4, 0.5) is 5.69 Å². The Bertz CT molecular complexity index is 745. The van der Waals surface area contributed by atoms with Crippen LogP contribution in [0.2, 0.25) is 0 Å². The van der Waals surface area contributed by atoms with E-state index in [-0.39, 0.29) is 11.8 Å². The van der Waals surface area contributed by atoms with E-state index in [2.05, 4.69) is 15.9 Å². The lowest BCUT2D eigenvalue weighted by Crippen LogP contribution is -2.29. The van der Waals surface area contributed by atoms with Gasteiger partial charge in [-0.05, 0) is 32.0 Å². The summed E-state index contributed by atoms with van der Waals surface area (Å²) in [4.78, 5) is 29.0. The fraction of sp³-hybridized carbons (Fsp3) is 0.267. The maximum atomic E-state index is 12.8. The molecule has 114 valence electrons. The van der Waals surface area contributed by atoms with Gasteiger partial charge in [-0.25, -0.2) is 0 Å². The van der Waals surface area contributed by atoms with Gasteiger partial charge in [0, 0.05) is 23.1 Å². The summed E-state index contributed by atoms with van der Waals surface area (Å²) in [6.07, 6.45) is 0. The molecule has 0 N–H and O–H groups in total. The number of thioether (sulfide) groups is 1. The summed E-state index contributed by atoms with van der Waals surface area (Å²) in [6, 6.07) is 5.68. The molecule has 7 heteroatoms. The highest BCUT2D eigenvalue weighted by molar-refractivity contribution is 9.10. The zero-order chi connectivity index (χ0) is 16.0. The molecular formula is C15H13BrN2O2S2. The van der Waals surface area contributed by atoms with E-state index >= 15 is 0 Å². The van der Waals surface area contributed by atoms with Crippen LogP contribution in [0.1, 0.15) is 19.4 Å². The first-order chi connectivity index (χ1) is 10.5. The Balaban J connectivity index is 2.22. The van der Waals surface area contributed by atoms with E-state index in [1.54, 1.807) is 4.90 Å². The molecule has 0 saturated carbocycles. The van der Waals surface area contributed by atoms with Crippen molar-refractivity contribution < 1.29 is 9.59 Å². The summed E-state index contributed by atoms with van der Waals surface area (Å²) in [7, 11) is 0. The maximum Gasteiger partial charge on any atom is 0.266 e. The van der Waals surface area contributed by atoms with Crippen molar-refractivity contribution >= 4 is 67.3 Å². The SMILES string of the molecule is CCN1C(=O)C(=C2C(=O)N(CC)c3ccc(Br)cc32)SC1=S. The third-order valence-corrected chi connectivity index (χ3v) is 5.63. The Kier molecular flexibility index (Phi) is 4.13. The molecule has 4 nitrogen and oxygen atoms in total. The van der Waals surface area contributed by atoms with Crippen LogP contribution in [0.3, 0.4) is 0 Å². The highest BCUT2D eigenvalue weighted by Gasteiger charge is 2.41. The standard InChI is InChI=1S/C15H13BrN2O2S2/c1-3-17-10-6-5-8(16)7-9(10)11(13(17)19)12-14(20)18(4-2)15(21)22-12/h5-7H,3-4H2,1-2H3. The predicted molar refractivity (Wildman–Crippen MR) is 96.7 cm³/mol. The molecule has 2 aliphatic rings. The Labute approximate surface area is 146 Å². The van der Waals surface area contributed by atoms with Gasteiger partial charge in [0.05, 0.1) is 16.2 Å². The van der Waals surface area contributed by atoms with E-state index in [1.807, 2.05) is 32.0 Å². The topological polar surface area (TPSA) is 40.6 Å². The fourth-order valence-corrected chi connectivity index (χ4v) is 4.48. The van der Waals surface area contributed by atoms with Crippen LogP contribution in [0.25, 0.3) is 5.57 Å². The second-order valence-electron chi connectivity index (χ2n) is 4.83. The monoisotopic (exact) mass is 396 g/mol. The minimum atomic E-state index is -0.176. The second kappa shape index (κ2) is 5.79. The van der Waals surface area contributed by atoms with Crippen molar-refractivity contribution in [3.8, 4) is 0 Å². The molecule has 1 fully saturated rings. The third kappa shape index (κ3) is 2.23. The van der Waals surface area contributed by atoms with E-state index in [9.17, 15) is 9.59 Å². The average molecular weight is 397 g/mol. The number of carbonyl (C=O) groups is 2. The van der Waals surface area contributed by atoms with Crippen LogP contribution in [-0.2, 0) is 9.59 Å². The van der Waals surface area contributed by atoms with Crippen molar-refractivity contribution in [1.29, 1.82) is 0 Å². The molecule has 0 aliphatic carbocycles. The van der Waals surface area contributed by atoms with E-state index in [4.69, 9.17) is 12.2 Å². The van der Waals surface area contributed by atoms with Gasteiger partial charge in [-0.1, -0.05) is 39.9 Å². The molecule has 0 aromatic heterocycles. The number of thiocarbonyl (C=S) groups is 1. The van der Waals surface area contributed by atoms with Crippen LogP contribution in [0.15, 0.2) is 27.6 Å². The Morgan fingerprint density at radius 2 is 1.82 bits per heavy atom. The number of amides is 2. The normalized spacial score (nSPS) is 21.1. The number of carbonyl (C=O) groups excluding carboxylic acids is 2. The van der Waals surface area contributed by atoms with Gasteiger partial charge in [-0.15, -0.1) is 0 Å². The summed E-state index contributed by atoms with van der Waals surface area (Å²) in [5.41, 5.74) is 2.09. The number of nitrogens with zero attached hydrogens (tertiary/aromatic N) is 2. The molecule has 0 bridgehead atoms. The number of likely N-dealkylation sites (N-methyl/N-ethyl adjacent to an activating group) is 2. The lowest BCUT2D eigenvalue weighted by atomic mass is 10.1. The largest absolute Gasteiger partial charge is 0.308 e. The summed E-state index contributed by atoms with van der Waals surface area (Å²) in [5.74, 6) is -0.308. The molecule has 0 spiro atoms. The van der Waals surface area contributed by atoms with E-state index < -0.39 is 0 Å². The van der Waals surface area contributed by atoms with Crippen molar-refractivity contribution in [1.82, 2.24) is 4.90 Å². The maximum absolute atomic E-state index is 12.8. The molecule has 2 aliphatic heterocycles. The van der Waals surface area contributed by atoms with Gasteiger partial charge in [0.25, 0.3) is 11.8 Å². The molecule has 1 aromatic rings.